The Morgan fingerprint density at radius 3 is 2.28 bits per heavy atom. The van der Waals surface area contributed by atoms with Gasteiger partial charge in [-0.3, -0.25) is 15.1 Å². The zero-order valence-corrected chi connectivity index (χ0v) is 24.6. The molecule has 1 aliphatic heterocycles. The molecule has 6 rings (SSSR count). The van der Waals surface area contributed by atoms with E-state index >= 15 is 0 Å². The van der Waals surface area contributed by atoms with Gasteiger partial charge in [0.1, 0.15) is 22.9 Å². The summed E-state index contributed by atoms with van der Waals surface area (Å²) < 4.78 is 13.2. The maximum atomic E-state index is 12.1. The average Bonchev–Trinajstić information content (AvgIpc) is 3.52. The minimum absolute atomic E-state index is 0.0418. The molecule has 0 saturated carbocycles. The van der Waals surface area contributed by atoms with Crippen LogP contribution in [0.2, 0.25) is 0 Å². The lowest BCUT2D eigenvalue weighted by molar-refractivity contribution is -0.384. The molecule has 0 amide bonds. The molecule has 1 fully saturated rings. The maximum absolute atomic E-state index is 12.1. The zero-order valence-electron chi connectivity index (χ0n) is 23.8. The molecular formula is C33H29N5O4S. The highest BCUT2D eigenvalue weighted by atomic mass is 32.1. The number of ether oxygens (including phenoxy) is 2. The van der Waals surface area contributed by atoms with Gasteiger partial charge in [0.05, 0.1) is 35.9 Å². The van der Waals surface area contributed by atoms with E-state index < -0.39 is 0 Å². The molecule has 0 radical (unpaired) electrons. The number of benzene rings is 3. The normalized spacial score (nSPS) is 16.2. The van der Waals surface area contributed by atoms with E-state index in [9.17, 15) is 10.1 Å². The van der Waals surface area contributed by atoms with Crippen LogP contribution in [0.5, 0.6) is 17.2 Å². The Morgan fingerprint density at radius 2 is 1.60 bits per heavy atom. The second-order valence-electron chi connectivity index (χ2n) is 10.2. The summed E-state index contributed by atoms with van der Waals surface area (Å²) in [6.07, 6.45) is 1.76. The molecule has 1 aliphatic rings. The van der Waals surface area contributed by atoms with Gasteiger partial charge in [-0.25, -0.2) is 0 Å². The van der Waals surface area contributed by atoms with Gasteiger partial charge in [0, 0.05) is 23.3 Å². The third-order valence-electron chi connectivity index (χ3n) is 7.60. The first kappa shape index (κ1) is 27.9. The van der Waals surface area contributed by atoms with Crippen LogP contribution in [0.1, 0.15) is 34.7 Å². The van der Waals surface area contributed by atoms with Crippen LogP contribution in [0.25, 0.3) is 5.69 Å². The second kappa shape index (κ2) is 11.6. The van der Waals surface area contributed by atoms with Crippen LogP contribution in [-0.2, 0) is 0 Å². The molecule has 9 nitrogen and oxygen atoms in total. The number of para-hydroxylation sites is 1. The van der Waals surface area contributed by atoms with Crippen molar-refractivity contribution in [1.82, 2.24) is 14.9 Å². The molecule has 5 aromatic rings. The van der Waals surface area contributed by atoms with Crippen LogP contribution in [-0.4, -0.2) is 26.7 Å². The van der Waals surface area contributed by atoms with Crippen molar-refractivity contribution in [1.29, 1.82) is 0 Å². The molecule has 1 N–H and O–H groups in total. The number of rotatable bonds is 8. The van der Waals surface area contributed by atoms with Gasteiger partial charge in [0.25, 0.3) is 5.69 Å². The Labute approximate surface area is 254 Å². The summed E-state index contributed by atoms with van der Waals surface area (Å²) in [4.78, 5) is 18.4. The van der Waals surface area contributed by atoms with Crippen LogP contribution in [0.15, 0.2) is 103 Å². The molecule has 3 heterocycles. The monoisotopic (exact) mass is 591 g/mol. The van der Waals surface area contributed by atoms with E-state index in [1.54, 1.807) is 18.3 Å². The number of nitrogens with one attached hydrogen (secondary N) is 1. The number of hydrogen-bond donors (Lipinski definition) is 1. The standard InChI is InChI=1S/C33H29N5O4S/c1-21-19-27(22(2)36(21)29-17-16-26(41-3)20-30(29)38(39)40)32-31(28-11-7-8-18-34-28)35-33(43)37(32)23-12-14-25(15-13-23)42-24-9-5-4-6-10-24/h4-20,31-32H,1-3H3,(H,35,43). The summed E-state index contributed by atoms with van der Waals surface area (Å²) in [5.41, 5.74) is 4.81. The van der Waals surface area contributed by atoms with E-state index in [1.807, 2.05) is 91.2 Å². The summed E-state index contributed by atoms with van der Waals surface area (Å²) in [5, 5.41) is 16.1. The van der Waals surface area contributed by atoms with Crippen molar-refractivity contribution in [2.45, 2.75) is 25.9 Å². The van der Waals surface area contributed by atoms with Crippen molar-refractivity contribution >= 4 is 28.7 Å². The Bertz CT molecular complexity index is 1790. The Kier molecular flexibility index (Phi) is 7.52. The minimum Gasteiger partial charge on any atom is -0.496 e. The molecule has 10 heteroatoms. The average molecular weight is 592 g/mol. The van der Waals surface area contributed by atoms with Gasteiger partial charge in [-0.1, -0.05) is 24.3 Å². The number of aromatic nitrogens is 2. The minimum atomic E-state index is -0.384. The summed E-state index contributed by atoms with van der Waals surface area (Å²) in [6, 6.07) is 29.6. The van der Waals surface area contributed by atoms with Crippen molar-refractivity contribution < 1.29 is 14.4 Å². The molecular weight excluding hydrogens is 562 g/mol. The van der Waals surface area contributed by atoms with Gasteiger partial charge >= 0.3 is 0 Å². The SMILES string of the molecule is COc1ccc(-n2c(C)cc(C3C(c4ccccn4)NC(=S)N3c3ccc(Oc4ccccc4)cc3)c2C)c([N+](=O)[O-])c1. The number of methoxy groups -OCH3 is 1. The fourth-order valence-electron chi connectivity index (χ4n) is 5.67. The third-order valence-corrected chi connectivity index (χ3v) is 7.92. The number of anilines is 1. The number of hydrogen-bond acceptors (Lipinski definition) is 6. The summed E-state index contributed by atoms with van der Waals surface area (Å²) in [5.74, 6) is 1.88. The molecule has 2 atom stereocenters. The van der Waals surface area contributed by atoms with E-state index in [1.165, 1.54) is 13.2 Å². The van der Waals surface area contributed by atoms with Crippen LogP contribution in [0.4, 0.5) is 11.4 Å². The van der Waals surface area contributed by atoms with E-state index in [2.05, 4.69) is 21.3 Å². The number of thiocarbonyl (C=S) groups is 1. The molecule has 0 bridgehead atoms. The van der Waals surface area contributed by atoms with Crippen LogP contribution >= 0.6 is 12.2 Å². The first-order chi connectivity index (χ1) is 20.9. The number of nitro groups is 1. The van der Waals surface area contributed by atoms with Crippen molar-refractivity contribution in [3.63, 3.8) is 0 Å². The molecule has 0 aliphatic carbocycles. The Hall–Kier alpha value is -5.22. The largest absolute Gasteiger partial charge is 0.496 e. The molecule has 43 heavy (non-hydrogen) atoms. The number of pyridine rings is 1. The smallest absolute Gasteiger partial charge is 0.296 e. The Balaban J connectivity index is 1.45. The van der Waals surface area contributed by atoms with Gasteiger partial charge in [-0.15, -0.1) is 0 Å². The maximum Gasteiger partial charge on any atom is 0.296 e. The van der Waals surface area contributed by atoms with Crippen molar-refractivity contribution in [3.8, 4) is 22.9 Å². The summed E-state index contributed by atoms with van der Waals surface area (Å²) in [7, 11) is 1.49. The zero-order chi connectivity index (χ0) is 30.1. The van der Waals surface area contributed by atoms with Gasteiger partial charge in [0.2, 0.25) is 0 Å². The van der Waals surface area contributed by atoms with Gasteiger partial charge in [-0.2, -0.15) is 0 Å². The lowest BCUT2D eigenvalue weighted by Crippen LogP contribution is -2.29. The van der Waals surface area contributed by atoms with Gasteiger partial charge in [-0.05, 0) is 98.4 Å². The van der Waals surface area contributed by atoms with E-state index in [0.717, 1.165) is 34.1 Å². The number of aryl methyl sites for hydroxylation is 1. The van der Waals surface area contributed by atoms with E-state index in [-0.39, 0.29) is 22.7 Å². The number of nitrogens with zero attached hydrogens (tertiary/aromatic N) is 4. The summed E-state index contributed by atoms with van der Waals surface area (Å²) >= 11 is 5.92. The first-order valence-corrected chi connectivity index (χ1v) is 14.1. The third kappa shape index (κ3) is 5.28. The van der Waals surface area contributed by atoms with Crippen molar-refractivity contribution in [3.05, 3.63) is 136 Å². The van der Waals surface area contributed by atoms with E-state index in [4.69, 9.17) is 21.7 Å². The molecule has 2 aromatic heterocycles. The highest BCUT2D eigenvalue weighted by molar-refractivity contribution is 7.80. The fraction of sp³-hybridized carbons (Fsp3) is 0.152. The highest BCUT2D eigenvalue weighted by Gasteiger charge is 2.42. The number of nitro benzene ring substituents is 1. The molecule has 3 aromatic carbocycles. The predicted octanol–water partition coefficient (Wildman–Crippen LogP) is 7.38. The highest BCUT2D eigenvalue weighted by Crippen LogP contribution is 2.44. The molecule has 216 valence electrons. The van der Waals surface area contributed by atoms with Gasteiger partial charge < -0.3 is 24.3 Å². The molecule has 0 spiro atoms. The quantitative estimate of drug-likeness (QED) is 0.114. The van der Waals surface area contributed by atoms with Crippen molar-refractivity contribution in [2.75, 3.05) is 12.0 Å². The van der Waals surface area contributed by atoms with Crippen LogP contribution in [0.3, 0.4) is 0 Å². The van der Waals surface area contributed by atoms with Crippen molar-refractivity contribution in [2.24, 2.45) is 0 Å². The summed E-state index contributed by atoms with van der Waals surface area (Å²) in [6.45, 7) is 3.92. The molecule has 2 unspecified atom stereocenters. The lowest BCUT2D eigenvalue weighted by atomic mass is 9.96. The Morgan fingerprint density at radius 1 is 0.907 bits per heavy atom. The fourth-order valence-corrected chi connectivity index (χ4v) is 6.02. The van der Waals surface area contributed by atoms with Crippen LogP contribution < -0.4 is 19.7 Å². The molecule has 1 saturated heterocycles. The lowest BCUT2D eigenvalue weighted by Gasteiger charge is -2.28. The van der Waals surface area contributed by atoms with Crippen LogP contribution in [0, 0.1) is 24.0 Å². The second-order valence-corrected chi connectivity index (χ2v) is 10.6. The predicted molar refractivity (Wildman–Crippen MR) is 169 cm³/mol. The van der Waals surface area contributed by atoms with E-state index in [0.29, 0.717) is 22.3 Å². The first-order valence-electron chi connectivity index (χ1n) is 13.7. The van der Waals surface area contributed by atoms with Gasteiger partial charge in [0.15, 0.2) is 5.11 Å². The topological polar surface area (TPSA) is 94.7 Å².